The lowest BCUT2D eigenvalue weighted by Gasteiger charge is -2.39. The smallest absolute Gasteiger partial charge is 0.379 e. The van der Waals surface area contributed by atoms with Crippen molar-refractivity contribution < 1.29 is 34.3 Å². The van der Waals surface area contributed by atoms with E-state index in [1.54, 1.807) is 6.07 Å². The minimum atomic E-state index is -1.61. The first-order chi connectivity index (χ1) is 13.3. The highest BCUT2D eigenvalue weighted by Gasteiger charge is 2.45. The van der Waals surface area contributed by atoms with E-state index in [1.165, 1.54) is 6.07 Å². The van der Waals surface area contributed by atoms with E-state index in [2.05, 4.69) is 0 Å². The summed E-state index contributed by atoms with van der Waals surface area (Å²) in [5, 5.41) is 39.6. The van der Waals surface area contributed by atoms with Crippen LogP contribution in [0.2, 0.25) is 0 Å². The standard InChI is InChI=1S/C20H24O8/c1-10(2)6-7-11-4-3-5-12-8-13(19(25)28-18(11)12)26-20-17(24)16(23)15(22)14(9-21)27-20/h3-6,8,14-17,20-24H,7,9H2,1-2H3/t14-,15-,16+,17-,20?/m1/s1. The van der Waals surface area contributed by atoms with Crippen molar-refractivity contribution >= 4 is 11.0 Å². The summed E-state index contributed by atoms with van der Waals surface area (Å²) in [5.41, 5.74) is 1.65. The van der Waals surface area contributed by atoms with Gasteiger partial charge >= 0.3 is 5.63 Å². The third kappa shape index (κ3) is 4.11. The Morgan fingerprint density at radius 3 is 2.61 bits per heavy atom. The molecule has 3 rings (SSSR count). The predicted molar refractivity (Wildman–Crippen MR) is 100 cm³/mol. The molecule has 0 saturated carbocycles. The van der Waals surface area contributed by atoms with Crippen LogP contribution in [0.1, 0.15) is 19.4 Å². The van der Waals surface area contributed by atoms with E-state index in [0.717, 1.165) is 11.1 Å². The molecule has 0 amide bonds. The summed E-state index contributed by atoms with van der Waals surface area (Å²) >= 11 is 0. The molecule has 1 aromatic heterocycles. The monoisotopic (exact) mass is 392 g/mol. The predicted octanol–water partition coefficient (Wildman–Crippen LogP) is 0.480. The van der Waals surface area contributed by atoms with Gasteiger partial charge in [-0.25, -0.2) is 4.79 Å². The molecule has 1 aliphatic heterocycles. The van der Waals surface area contributed by atoms with Crippen molar-refractivity contribution in [2.75, 3.05) is 6.61 Å². The fourth-order valence-electron chi connectivity index (χ4n) is 3.03. The van der Waals surface area contributed by atoms with E-state index in [1.807, 2.05) is 32.1 Å². The van der Waals surface area contributed by atoms with Gasteiger partial charge in [0.2, 0.25) is 12.0 Å². The topological polar surface area (TPSA) is 130 Å². The third-order valence-corrected chi connectivity index (χ3v) is 4.63. The van der Waals surface area contributed by atoms with Gasteiger partial charge in [0.25, 0.3) is 0 Å². The first kappa shape index (κ1) is 20.5. The van der Waals surface area contributed by atoms with Crippen molar-refractivity contribution in [2.45, 2.75) is 51.0 Å². The summed E-state index contributed by atoms with van der Waals surface area (Å²) in [7, 11) is 0. The van der Waals surface area contributed by atoms with Crippen LogP contribution in [0.5, 0.6) is 5.75 Å². The minimum absolute atomic E-state index is 0.212. The molecule has 1 fully saturated rings. The Kier molecular flexibility index (Phi) is 6.17. The number of fused-ring (bicyclic) bond motifs is 1. The van der Waals surface area contributed by atoms with Crippen LogP contribution < -0.4 is 10.4 Å². The quantitative estimate of drug-likeness (QED) is 0.427. The maximum Gasteiger partial charge on any atom is 0.379 e. The summed E-state index contributed by atoms with van der Waals surface area (Å²) in [4.78, 5) is 12.4. The number of aliphatic hydroxyl groups is 4. The average Bonchev–Trinajstić information content (AvgIpc) is 2.67. The Hall–Kier alpha value is -2.23. The van der Waals surface area contributed by atoms with E-state index >= 15 is 0 Å². The van der Waals surface area contributed by atoms with E-state index in [9.17, 15) is 25.2 Å². The van der Waals surface area contributed by atoms with Crippen LogP contribution >= 0.6 is 0 Å². The lowest BCUT2D eigenvalue weighted by Crippen LogP contribution is -2.60. The van der Waals surface area contributed by atoms with Gasteiger partial charge in [0.15, 0.2) is 0 Å². The molecule has 2 aromatic rings. The SMILES string of the molecule is CC(C)=CCc1cccc2cc(OC3O[C@H](CO)[C@@H](O)[C@H](O)[C@H]3O)c(=O)oc12. The van der Waals surface area contributed by atoms with E-state index in [-0.39, 0.29) is 5.75 Å². The maximum absolute atomic E-state index is 12.4. The third-order valence-electron chi connectivity index (χ3n) is 4.63. The highest BCUT2D eigenvalue weighted by atomic mass is 16.7. The summed E-state index contributed by atoms with van der Waals surface area (Å²) < 4.78 is 16.1. The van der Waals surface area contributed by atoms with Gasteiger partial charge in [-0.2, -0.15) is 0 Å². The Balaban J connectivity index is 1.91. The maximum atomic E-state index is 12.4. The van der Waals surface area contributed by atoms with Crippen LogP contribution in [0.4, 0.5) is 0 Å². The van der Waals surface area contributed by atoms with Crippen LogP contribution in [0.3, 0.4) is 0 Å². The Labute approximate surface area is 161 Å². The number of ether oxygens (including phenoxy) is 2. The number of rotatable bonds is 5. The van der Waals surface area contributed by atoms with Gasteiger partial charge in [0.05, 0.1) is 6.61 Å². The minimum Gasteiger partial charge on any atom is -0.454 e. The molecule has 4 N–H and O–H groups in total. The molecule has 5 atom stereocenters. The molecule has 0 spiro atoms. The fraction of sp³-hybridized carbons (Fsp3) is 0.450. The van der Waals surface area contributed by atoms with E-state index < -0.39 is 42.9 Å². The summed E-state index contributed by atoms with van der Waals surface area (Å²) in [5.74, 6) is -0.212. The van der Waals surface area contributed by atoms with Gasteiger partial charge in [-0.15, -0.1) is 0 Å². The number of benzene rings is 1. The Morgan fingerprint density at radius 2 is 1.93 bits per heavy atom. The van der Waals surface area contributed by atoms with Gasteiger partial charge in [0, 0.05) is 5.39 Å². The van der Waals surface area contributed by atoms with Gasteiger partial charge in [-0.1, -0.05) is 29.8 Å². The molecule has 1 saturated heterocycles. The first-order valence-electron chi connectivity index (χ1n) is 8.98. The van der Waals surface area contributed by atoms with Crippen molar-refractivity contribution in [2.24, 2.45) is 0 Å². The van der Waals surface area contributed by atoms with Gasteiger partial charge in [-0.3, -0.25) is 0 Å². The van der Waals surface area contributed by atoms with Gasteiger partial charge in [0.1, 0.15) is 30.0 Å². The van der Waals surface area contributed by atoms with Crippen LogP contribution in [0.25, 0.3) is 11.0 Å². The molecule has 2 heterocycles. The number of hydrogen-bond acceptors (Lipinski definition) is 8. The lowest BCUT2D eigenvalue weighted by atomic mass is 9.99. The number of aliphatic hydroxyl groups excluding tert-OH is 4. The summed E-state index contributed by atoms with van der Waals surface area (Å²) in [6.45, 7) is 3.37. The Morgan fingerprint density at radius 1 is 1.18 bits per heavy atom. The van der Waals surface area contributed by atoms with Gasteiger partial charge < -0.3 is 34.3 Å². The molecule has 0 aliphatic carbocycles. The molecular formula is C20H24O8. The number of allylic oxidation sites excluding steroid dienone is 2. The van der Waals surface area contributed by atoms with Crippen LogP contribution in [0.15, 0.2) is 45.1 Å². The van der Waals surface area contributed by atoms with Gasteiger partial charge in [-0.05, 0) is 31.9 Å². The second-order valence-electron chi connectivity index (χ2n) is 7.03. The molecular weight excluding hydrogens is 368 g/mol. The molecule has 28 heavy (non-hydrogen) atoms. The molecule has 1 unspecified atom stereocenters. The zero-order valence-electron chi connectivity index (χ0n) is 15.6. The van der Waals surface area contributed by atoms with Crippen LogP contribution in [0, 0.1) is 0 Å². The van der Waals surface area contributed by atoms with Crippen molar-refractivity contribution in [3.8, 4) is 5.75 Å². The fourth-order valence-corrected chi connectivity index (χ4v) is 3.03. The van der Waals surface area contributed by atoms with E-state index in [0.29, 0.717) is 17.4 Å². The molecule has 0 bridgehead atoms. The second-order valence-corrected chi connectivity index (χ2v) is 7.03. The molecule has 1 aliphatic rings. The Bertz CT molecular complexity index is 912. The van der Waals surface area contributed by atoms with Crippen LogP contribution in [-0.4, -0.2) is 57.7 Å². The van der Waals surface area contributed by atoms with E-state index in [4.69, 9.17) is 13.9 Å². The highest BCUT2D eigenvalue weighted by molar-refractivity contribution is 5.81. The van der Waals surface area contributed by atoms with Crippen molar-refractivity contribution in [3.63, 3.8) is 0 Å². The number of para-hydroxylation sites is 1. The van der Waals surface area contributed by atoms with Crippen molar-refractivity contribution in [1.82, 2.24) is 0 Å². The molecule has 1 aromatic carbocycles. The summed E-state index contributed by atoms with van der Waals surface area (Å²) in [6.07, 6.45) is -4.68. The number of hydrogen-bond donors (Lipinski definition) is 4. The molecule has 8 heteroatoms. The molecule has 8 nitrogen and oxygen atoms in total. The second kappa shape index (κ2) is 8.42. The van der Waals surface area contributed by atoms with Crippen molar-refractivity contribution in [1.29, 1.82) is 0 Å². The van der Waals surface area contributed by atoms with Crippen molar-refractivity contribution in [3.05, 3.63) is 51.9 Å². The first-order valence-corrected chi connectivity index (χ1v) is 8.98. The normalized spacial score (nSPS) is 27.6. The molecule has 0 radical (unpaired) electrons. The largest absolute Gasteiger partial charge is 0.454 e. The zero-order chi connectivity index (χ0) is 20.4. The summed E-state index contributed by atoms with van der Waals surface area (Å²) in [6, 6.07) is 6.91. The molecule has 152 valence electrons. The lowest BCUT2D eigenvalue weighted by molar-refractivity contribution is -0.277. The average molecular weight is 392 g/mol. The highest BCUT2D eigenvalue weighted by Crippen LogP contribution is 2.26. The van der Waals surface area contributed by atoms with Crippen LogP contribution in [-0.2, 0) is 11.2 Å². The zero-order valence-corrected chi connectivity index (χ0v) is 15.6.